The van der Waals surface area contributed by atoms with Crippen LogP contribution < -0.4 is 15.4 Å². The zero-order chi connectivity index (χ0) is 22.6. The number of hydrogen-bond acceptors (Lipinski definition) is 3. The minimum absolute atomic E-state index is 0.178. The van der Waals surface area contributed by atoms with Gasteiger partial charge in [-0.2, -0.15) is 0 Å². The molecule has 0 aliphatic rings. The standard InChI is InChI=1S/C23H24ClN3O2S2/c1-15-12-16(2)22(17(3)13-15)27-31(28,29)21-10-8-20(9-11-21)26-23(30)25-14-18-4-6-19(24)7-5-18/h4-13,27H,14H2,1-3H3,(H2,25,26,30). The number of benzene rings is 3. The first-order valence-electron chi connectivity index (χ1n) is 9.64. The van der Waals surface area contributed by atoms with Gasteiger partial charge in [0.1, 0.15) is 0 Å². The van der Waals surface area contributed by atoms with E-state index in [0.29, 0.717) is 28.1 Å². The van der Waals surface area contributed by atoms with E-state index in [9.17, 15) is 8.42 Å². The van der Waals surface area contributed by atoms with Crippen LogP contribution in [0.15, 0.2) is 65.6 Å². The summed E-state index contributed by atoms with van der Waals surface area (Å²) >= 11 is 11.2. The highest BCUT2D eigenvalue weighted by atomic mass is 35.5. The maximum absolute atomic E-state index is 12.8. The molecule has 0 heterocycles. The molecule has 0 unspecified atom stereocenters. The van der Waals surface area contributed by atoms with Crippen LogP contribution in [-0.4, -0.2) is 13.5 Å². The van der Waals surface area contributed by atoms with Gasteiger partial charge in [-0.1, -0.05) is 41.4 Å². The molecule has 3 rings (SSSR count). The van der Waals surface area contributed by atoms with Gasteiger partial charge in [-0.05, 0) is 86.1 Å². The number of anilines is 2. The van der Waals surface area contributed by atoms with Gasteiger partial charge in [-0.3, -0.25) is 4.72 Å². The molecule has 0 spiro atoms. The van der Waals surface area contributed by atoms with Gasteiger partial charge in [0.15, 0.2) is 5.11 Å². The molecule has 0 fully saturated rings. The highest BCUT2D eigenvalue weighted by molar-refractivity contribution is 7.92. The first kappa shape index (κ1) is 23.1. The molecule has 31 heavy (non-hydrogen) atoms. The van der Waals surface area contributed by atoms with Crippen molar-refractivity contribution in [1.82, 2.24) is 5.32 Å². The lowest BCUT2D eigenvalue weighted by Gasteiger charge is -2.15. The maximum Gasteiger partial charge on any atom is 0.261 e. The largest absolute Gasteiger partial charge is 0.358 e. The Hall–Kier alpha value is -2.61. The molecule has 0 saturated heterocycles. The van der Waals surface area contributed by atoms with Crippen molar-refractivity contribution < 1.29 is 8.42 Å². The third-order valence-corrected chi connectivity index (χ3v) is 6.57. The van der Waals surface area contributed by atoms with Gasteiger partial charge in [0, 0.05) is 17.3 Å². The Bertz CT molecular complexity index is 1170. The molecule has 0 atom stereocenters. The fraction of sp³-hybridized carbons (Fsp3) is 0.174. The van der Waals surface area contributed by atoms with Crippen LogP contribution in [0.4, 0.5) is 11.4 Å². The van der Waals surface area contributed by atoms with Crippen molar-refractivity contribution in [3.05, 3.63) is 87.9 Å². The quantitative estimate of drug-likeness (QED) is 0.409. The molecule has 0 aromatic heterocycles. The zero-order valence-corrected chi connectivity index (χ0v) is 19.9. The second-order valence-corrected chi connectivity index (χ2v) is 9.86. The first-order chi connectivity index (χ1) is 14.6. The topological polar surface area (TPSA) is 70.2 Å². The molecule has 3 N–H and O–H groups in total. The van der Waals surface area contributed by atoms with Crippen molar-refractivity contribution in [1.29, 1.82) is 0 Å². The summed E-state index contributed by atoms with van der Waals surface area (Å²) in [4.78, 5) is 0.178. The lowest BCUT2D eigenvalue weighted by Crippen LogP contribution is -2.27. The molecule has 0 aliphatic heterocycles. The van der Waals surface area contributed by atoms with Gasteiger partial charge in [-0.15, -0.1) is 0 Å². The van der Waals surface area contributed by atoms with Crippen molar-refractivity contribution in [2.24, 2.45) is 0 Å². The number of halogens is 1. The lowest BCUT2D eigenvalue weighted by molar-refractivity contribution is 0.601. The van der Waals surface area contributed by atoms with Gasteiger partial charge in [0.25, 0.3) is 10.0 Å². The number of thiocarbonyl (C=S) groups is 1. The Labute approximate surface area is 193 Å². The molecule has 8 heteroatoms. The van der Waals surface area contributed by atoms with E-state index in [1.54, 1.807) is 24.3 Å². The SMILES string of the molecule is Cc1cc(C)c(NS(=O)(=O)c2ccc(NC(=S)NCc3ccc(Cl)cc3)cc2)c(C)c1. The molecule has 0 amide bonds. The van der Waals surface area contributed by atoms with Gasteiger partial charge in [0.2, 0.25) is 0 Å². The second kappa shape index (κ2) is 9.68. The second-order valence-electron chi connectivity index (χ2n) is 7.34. The Morgan fingerprint density at radius 2 is 1.52 bits per heavy atom. The first-order valence-corrected chi connectivity index (χ1v) is 11.9. The normalized spacial score (nSPS) is 11.1. The highest BCUT2D eigenvalue weighted by Crippen LogP contribution is 2.25. The van der Waals surface area contributed by atoms with Crippen LogP contribution in [0.3, 0.4) is 0 Å². The van der Waals surface area contributed by atoms with E-state index >= 15 is 0 Å². The minimum atomic E-state index is -3.70. The average Bonchev–Trinajstić information content (AvgIpc) is 2.71. The van der Waals surface area contributed by atoms with Gasteiger partial charge < -0.3 is 10.6 Å². The summed E-state index contributed by atoms with van der Waals surface area (Å²) in [5, 5.41) is 7.28. The number of nitrogens with one attached hydrogen (secondary N) is 3. The summed E-state index contributed by atoms with van der Waals surface area (Å²) < 4.78 is 28.4. The van der Waals surface area contributed by atoms with E-state index in [2.05, 4.69) is 15.4 Å². The number of rotatable bonds is 6. The summed E-state index contributed by atoms with van der Waals surface area (Å²) in [6, 6.07) is 17.8. The Morgan fingerprint density at radius 1 is 0.935 bits per heavy atom. The van der Waals surface area contributed by atoms with Crippen LogP contribution in [0.5, 0.6) is 0 Å². The smallest absolute Gasteiger partial charge is 0.261 e. The maximum atomic E-state index is 12.8. The van der Waals surface area contributed by atoms with Crippen LogP contribution in [-0.2, 0) is 16.6 Å². The Balaban J connectivity index is 1.63. The summed E-state index contributed by atoms with van der Waals surface area (Å²) in [6.45, 7) is 6.32. The van der Waals surface area contributed by atoms with Crippen molar-refractivity contribution in [3.8, 4) is 0 Å². The summed E-state index contributed by atoms with van der Waals surface area (Å²) in [5.74, 6) is 0. The predicted molar refractivity (Wildman–Crippen MR) is 132 cm³/mol. The van der Waals surface area contributed by atoms with Crippen molar-refractivity contribution in [3.63, 3.8) is 0 Å². The van der Waals surface area contributed by atoms with Crippen molar-refractivity contribution >= 4 is 50.3 Å². The molecule has 3 aromatic rings. The van der Waals surface area contributed by atoms with E-state index in [1.165, 1.54) is 0 Å². The molecule has 0 aliphatic carbocycles. The summed E-state index contributed by atoms with van der Waals surface area (Å²) in [5.41, 5.74) is 5.21. The van der Waals surface area contributed by atoms with E-state index < -0.39 is 10.0 Å². The molecule has 5 nitrogen and oxygen atoms in total. The van der Waals surface area contributed by atoms with Crippen LogP contribution >= 0.6 is 23.8 Å². The third kappa shape index (κ3) is 6.19. The summed E-state index contributed by atoms with van der Waals surface area (Å²) in [7, 11) is -3.70. The fourth-order valence-corrected chi connectivity index (χ4v) is 4.73. The molecule has 0 saturated carbocycles. The molecule has 162 valence electrons. The number of sulfonamides is 1. The molecular formula is C23H24ClN3O2S2. The third-order valence-electron chi connectivity index (χ3n) is 4.70. The molecular weight excluding hydrogens is 450 g/mol. The number of aryl methyl sites for hydroxylation is 3. The van der Waals surface area contributed by atoms with Gasteiger partial charge >= 0.3 is 0 Å². The fourth-order valence-electron chi connectivity index (χ4n) is 3.21. The van der Waals surface area contributed by atoms with Crippen LogP contribution in [0.2, 0.25) is 5.02 Å². The van der Waals surface area contributed by atoms with Gasteiger partial charge in [-0.25, -0.2) is 8.42 Å². The Morgan fingerprint density at radius 3 is 2.10 bits per heavy atom. The van der Waals surface area contributed by atoms with E-state index in [0.717, 1.165) is 22.3 Å². The van der Waals surface area contributed by atoms with E-state index in [-0.39, 0.29) is 4.90 Å². The van der Waals surface area contributed by atoms with Gasteiger partial charge in [0.05, 0.1) is 10.6 Å². The molecule has 3 aromatic carbocycles. The average molecular weight is 474 g/mol. The monoisotopic (exact) mass is 473 g/mol. The van der Waals surface area contributed by atoms with Crippen LogP contribution in [0, 0.1) is 20.8 Å². The van der Waals surface area contributed by atoms with Crippen molar-refractivity contribution in [2.45, 2.75) is 32.2 Å². The van der Waals surface area contributed by atoms with E-state index in [1.807, 2.05) is 57.2 Å². The van der Waals surface area contributed by atoms with Crippen LogP contribution in [0.25, 0.3) is 0 Å². The minimum Gasteiger partial charge on any atom is -0.358 e. The predicted octanol–water partition coefficient (Wildman–Crippen LogP) is 5.55. The Kier molecular flexibility index (Phi) is 7.20. The zero-order valence-electron chi connectivity index (χ0n) is 17.5. The van der Waals surface area contributed by atoms with E-state index in [4.69, 9.17) is 23.8 Å². The molecule has 0 bridgehead atoms. The van der Waals surface area contributed by atoms with Crippen LogP contribution in [0.1, 0.15) is 22.3 Å². The highest BCUT2D eigenvalue weighted by Gasteiger charge is 2.17. The molecule has 0 radical (unpaired) electrons. The van der Waals surface area contributed by atoms with Crippen molar-refractivity contribution in [2.75, 3.05) is 10.0 Å². The summed E-state index contributed by atoms with van der Waals surface area (Å²) in [6.07, 6.45) is 0. The number of hydrogen-bond donors (Lipinski definition) is 3. The lowest BCUT2D eigenvalue weighted by atomic mass is 10.1.